The first kappa shape index (κ1) is 14.1. The van der Waals surface area contributed by atoms with E-state index in [4.69, 9.17) is 0 Å². The van der Waals surface area contributed by atoms with Crippen molar-refractivity contribution in [3.05, 3.63) is 29.8 Å². The molecule has 17 heavy (non-hydrogen) atoms. The van der Waals surface area contributed by atoms with E-state index < -0.39 is 6.61 Å². The Morgan fingerprint density at radius 2 is 2.00 bits per heavy atom. The molecule has 0 aliphatic heterocycles. The van der Waals surface area contributed by atoms with Crippen LogP contribution in [0.4, 0.5) is 8.78 Å². The molecule has 94 valence electrons. The van der Waals surface area contributed by atoms with Gasteiger partial charge in [0.15, 0.2) is 5.78 Å². The van der Waals surface area contributed by atoms with E-state index in [-0.39, 0.29) is 17.1 Å². The van der Waals surface area contributed by atoms with Crippen molar-refractivity contribution in [1.29, 1.82) is 0 Å². The number of hydrogen-bond donors (Lipinski definition) is 0. The fraction of sp³-hybridized carbons (Fsp3) is 0.417. The molecule has 2 nitrogen and oxygen atoms in total. The van der Waals surface area contributed by atoms with E-state index in [0.717, 1.165) is 18.2 Å². The van der Waals surface area contributed by atoms with E-state index in [0.29, 0.717) is 6.42 Å². The Hall–Kier alpha value is -0.970. The van der Waals surface area contributed by atoms with E-state index in [1.165, 1.54) is 12.1 Å². The highest BCUT2D eigenvalue weighted by molar-refractivity contribution is 9.09. The highest BCUT2D eigenvalue weighted by Crippen LogP contribution is 2.22. The van der Waals surface area contributed by atoms with E-state index in [1.807, 2.05) is 0 Å². The van der Waals surface area contributed by atoms with Crippen LogP contribution in [0.2, 0.25) is 0 Å². The Morgan fingerprint density at radius 3 is 2.65 bits per heavy atom. The van der Waals surface area contributed by atoms with Gasteiger partial charge < -0.3 is 4.74 Å². The summed E-state index contributed by atoms with van der Waals surface area (Å²) < 4.78 is 28.6. The van der Waals surface area contributed by atoms with Crippen LogP contribution in [0.1, 0.15) is 29.6 Å². The number of halogens is 3. The summed E-state index contributed by atoms with van der Waals surface area (Å²) in [4.78, 5) is 11.8. The topological polar surface area (TPSA) is 26.3 Å². The van der Waals surface area contributed by atoms with Gasteiger partial charge in [-0.1, -0.05) is 28.1 Å². The highest BCUT2D eigenvalue weighted by Gasteiger charge is 2.14. The number of carbonyl (C=O) groups excluding carboxylic acids is 1. The lowest BCUT2D eigenvalue weighted by Gasteiger charge is -2.09. The summed E-state index contributed by atoms with van der Waals surface area (Å²) in [6.45, 7) is -2.91. The Labute approximate surface area is 107 Å². The maximum Gasteiger partial charge on any atom is 0.387 e. The van der Waals surface area contributed by atoms with Crippen LogP contribution < -0.4 is 4.74 Å². The smallest absolute Gasteiger partial charge is 0.387 e. The Kier molecular flexibility index (Phi) is 6.11. The quantitative estimate of drug-likeness (QED) is 0.432. The molecule has 0 spiro atoms. The molecule has 0 bridgehead atoms. The molecule has 0 aliphatic rings. The van der Waals surface area contributed by atoms with Gasteiger partial charge in [0.2, 0.25) is 0 Å². The van der Waals surface area contributed by atoms with Crippen LogP contribution in [0.5, 0.6) is 5.75 Å². The van der Waals surface area contributed by atoms with E-state index in [2.05, 4.69) is 20.7 Å². The summed E-state index contributed by atoms with van der Waals surface area (Å²) >= 11 is 3.27. The number of ether oxygens (including phenoxy) is 1. The molecular weight excluding hydrogens is 294 g/mol. The fourth-order valence-corrected chi connectivity index (χ4v) is 1.81. The van der Waals surface area contributed by atoms with Gasteiger partial charge in [0.05, 0.1) is 5.56 Å². The predicted molar refractivity (Wildman–Crippen MR) is 65.0 cm³/mol. The molecule has 0 amide bonds. The predicted octanol–water partition coefficient (Wildman–Crippen LogP) is 4.04. The van der Waals surface area contributed by atoms with Crippen LogP contribution in [-0.4, -0.2) is 17.7 Å². The normalized spacial score (nSPS) is 10.6. The monoisotopic (exact) mass is 306 g/mol. The number of rotatable bonds is 7. The lowest BCUT2D eigenvalue weighted by Crippen LogP contribution is -2.08. The average Bonchev–Trinajstić information content (AvgIpc) is 2.29. The second kappa shape index (κ2) is 7.37. The van der Waals surface area contributed by atoms with Crippen molar-refractivity contribution >= 4 is 21.7 Å². The van der Waals surface area contributed by atoms with E-state index in [9.17, 15) is 13.6 Å². The molecule has 1 rings (SSSR count). The molecule has 0 N–H and O–H groups in total. The third kappa shape index (κ3) is 4.81. The number of ketones is 1. The van der Waals surface area contributed by atoms with Crippen molar-refractivity contribution in [2.75, 3.05) is 5.33 Å². The summed E-state index contributed by atoms with van der Waals surface area (Å²) in [5, 5.41) is 0.829. The zero-order valence-corrected chi connectivity index (χ0v) is 10.8. The summed E-state index contributed by atoms with van der Waals surface area (Å²) in [5.41, 5.74) is 0.224. The second-order valence-corrected chi connectivity index (χ2v) is 4.24. The molecular formula is C12H13BrF2O2. The van der Waals surface area contributed by atoms with Crippen LogP contribution in [0, 0.1) is 0 Å². The number of alkyl halides is 3. The lowest BCUT2D eigenvalue weighted by molar-refractivity contribution is -0.0501. The molecule has 1 aromatic rings. The molecule has 5 heteroatoms. The number of benzene rings is 1. The molecule has 0 aromatic heterocycles. The van der Waals surface area contributed by atoms with Gasteiger partial charge in [-0.2, -0.15) is 8.78 Å². The summed E-state index contributed by atoms with van der Waals surface area (Å²) in [6, 6.07) is 6.08. The van der Waals surface area contributed by atoms with Crippen LogP contribution in [0.3, 0.4) is 0 Å². The number of Topliss-reactive ketones (excluding diaryl/α,β-unsaturated/α-hetero) is 1. The van der Waals surface area contributed by atoms with Gasteiger partial charge in [0, 0.05) is 11.8 Å². The van der Waals surface area contributed by atoms with Crippen LogP contribution in [0.15, 0.2) is 24.3 Å². The van der Waals surface area contributed by atoms with Crippen molar-refractivity contribution in [3.8, 4) is 5.75 Å². The Bertz CT molecular complexity index is 369. The van der Waals surface area contributed by atoms with Crippen molar-refractivity contribution < 1.29 is 18.3 Å². The summed E-state index contributed by atoms with van der Waals surface area (Å²) in [6.07, 6.45) is 1.95. The number of para-hydroxylation sites is 1. The van der Waals surface area contributed by atoms with Gasteiger partial charge in [0.25, 0.3) is 0 Å². The average molecular weight is 307 g/mol. The maximum atomic E-state index is 12.1. The van der Waals surface area contributed by atoms with Gasteiger partial charge in [0.1, 0.15) is 5.75 Å². The van der Waals surface area contributed by atoms with Crippen molar-refractivity contribution in [1.82, 2.24) is 0 Å². The molecule has 0 saturated carbocycles. The van der Waals surface area contributed by atoms with Gasteiger partial charge in [-0.05, 0) is 25.0 Å². The molecule has 0 radical (unpaired) electrons. The Balaban J connectivity index is 2.71. The highest BCUT2D eigenvalue weighted by atomic mass is 79.9. The van der Waals surface area contributed by atoms with Crippen LogP contribution in [-0.2, 0) is 0 Å². The van der Waals surface area contributed by atoms with Crippen LogP contribution >= 0.6 is 15.9 Å². The van der Waals surface area contributed by atoms with Gasteiger partial charge in [-0.25, -0.2) is 0 Å². The fourth-order valence-electron chi connectivity index (χ4n) is 1.41. The number of carbonyl (C=O) groups is 1. The first-order valence-electron chi connectivity index (χ1n) is 5.28. The molecule has 0 aliphatic carbocycles. The minimum Gasteiger partial charge on any atom is -0.434 e. The third-order valence-electron chi connectivity index (χ3n) is 2.19. The minimum atomic E-state index is -2.91. The van der Waals surface area contributed by atoms with Crippen molar-refractivity contribution in [2.45, 2.75) is 25.9 Å². The minimum absolute atomic E-state index is 0.0497. The van der Waals surface area contributed by atoms with Crippen molar-refractivity contribution in [3.63, 3.8) is 0 Å². The van der Waals surface area contributed by atoms with Gasteiger partial charge in [-0.3, -0.25) is 4.79 Å². The lowest BCUT2D eigenvalue weighted by atomic mass is 10.0. The van der Waals surface area contributed by atoms with Crippen molar-refractivity contribution in [2.24, 2.45) is 0 Å². The summed E-state index contributed by atoms with van der Waals surface area (Å²) in [5.74, 6) is -0.214. The van der Waals surface area contributed by atoms with Gasteiger partial charge >= 0.3 is 6.61 Å². The zero-order chi connectivity index (χ0) is 12.7. The molecule has 0 saturated heterocycles. The Morgan fingerprint density at radius 1 is 1.29 bits per heavy atom. The standard InChI is InChI=1S/C12H13BrF2O2/c13-8-4-3-6-10(16)9-5-1-2-7-11(9)17-12(14)15/h1-2,5,7,12H,3-4,6,8H2. The largest absolute Gasteiger partial charge is 0.434 e. The zero-order valence-electron chi connectivity index (χ0n) is 9.17. The number of unbranched alkanes of at least 4 members (excludes halogenated alkanes) is 1. The molecule has 0 fully saturated rings. The van der Waals surface area contributed by atoms with E-state index >= 15 is 0 Å². The SMILES string of the molecule is O=C(CCCCBr)c1ccccc1OC(F)F. The second-order valence-electron chi connectivity index (χ2n) is 3.44. The molecule has 0 atom stereocenters. The third-order valence-corrected chi connectivity index (χ3v) is 2.75. The van der Waals surface area contributed by atoms with Crippen LogP contribution in [0.25, 0.3) is 0 Å². The van der Waals surface area contributed by atoms with E-state index in [1.54, 1.807) is 12.1 Å². The van der Waals surface area contributed by atoms with Gasteiger partial charge in [-0.15, -0.1) is 0 Å². The maximum absolute atomic E-state index is 12.1. The number of hydrogen-bond acceptors (Lipinski definition) is 2. The first-order valence-corrected chi connectivity index (χ1v) is 6.40. The molecule has 0 heterocycles. The summed E-state index contributed by atoms with van der Waals surface area (Å²) in [7, 11) is 0. The molecule has 0 unspecified atom stereocenters. The first-order chi connectivity index (χ1) is 8.15. The molecule has 1 aromatic carbocycles.